The number of methoxy groups -OCH3 is 2. The molecule has 1 fully saturated rings. The lowest BCUT2D eigenvalue weighted by Crippen LogP contribution is -2.54. The second-order valence-electron chi connectivity index (χ2n) is 16.6. The molecule has 17 nitrogen and oxygen atoms in total. The molecule has 3 unspecified atom stereocenters. The number of nitrogens with one attached hydrogen (secondary N) is 2. The van der Waals surface area contributed by atoms with Crippen molar-refractivity contribution in [3.05, 3.63) is 123 Å². The number of ketones is 1. The number of imide groups is 2. The Morgan fingerprint density at radius 2 is 1.64 bits per heavy atom. The third-order valence-corrected chi connectivity index (χ3v) is 12.3. The van der Waals surface area contributed by atoms with Gasteiger partial charge in [0, 0.05) is 55.3 Å². The quantitative estimate of drug-likeness (QED) is 0.0682. The van der Waals surface area contributed by atoms with Crippen LogP contribution in [0.2, 0.25) is 0 Å². The lowest BCUT2D eigenvalue weighted by Gasteiger charge is -2.37. The molecule has 0 bridgehead atoms. The molecule has 66 heavy (non-hydrogen) atoms. The summed E-state index contributed by atoms with van der Waals surface area (Å²) in [5.41, 5.74) is 4.88. The fraction of sp³-hybridized carbons (Fsp3) is 0.388. The van der Waals surface area contributed by atoms with Crippen LogP contribution in [-0.4, -0.2) is 95.4 Å². The van der Waals surface area contributed by atoms with Crippen molar-refractivity contribution in [2.45, 2.75) is 89.3 Å². The van der Waals surface area contributed by atoms with Crippen LogP contribution in [-0.2, 0) is 41.8 Å². The van der Waals surface area contributed by atoms with Crippen LogP contribution in [0.5, 0.6) is 17.2 Å². The molecular weight excluding hydrogens is 849 g/mol. The SMILES string of the molecule is COCCOC(=O)C1=C(C)NC2=C(C(=O)CC(c3ccccc3OC)C2)C1c1cccc(OCc2cn(CCCCCCOc3cccc4c3C(=O)N(C3CCC(=O)NC3=O)C4=O)nn2)c1. The van der Waals surface area contributed by atoms with Gasteiger partial charge in [-0.3, -0.25) is 38.9 Å². The van der Waals surface area contributed by atoms with Gasteiger partial charge in [-0.2, -0.15) is 0 Å². The molecule has 3 aliphatic heterocycles. The normalized spacial score (nSPS) is 19.3. The molecule has 0 radical (unpaired) electrons. The number of carbonyl (C=O) groups is 6. The molecule has 3 aromatic carbocycles. The number of allylic oxidation sites excluding steroid dienone is 3. The Kier molecular flexibility index (Phi) is 14.0. The van der Waals surface area contributed by atoms with Crippen LogP contribution >= 0.6 is 0 Å². The van der Waals surface area contributed by atoms with Crippen LogP contribution in [0.1, 0.15) is 108 Å². The van der Waals surface area contributed by atoms with Gasteiger partial charge in [0.05, 0.1) is 43.2 Å². The molecular formula is C49H52N6O11. The van der Waals surface area contributed by atoms with E-state index in [2.05, 4.69) is 20.9 Å². The van der Waals surface area contributed by atoms with Crippen LogP contribution in [0.25, 0.3) is 0 Å². The van der Waals surface area contributed by atoms with Gasteiger partial charge < -0.3 is 29.0 Å². The molecule has 2 N–H and O–H groups in total. The average Bonchev–Trinajstić information content (AvgIpc) is 3.88. The molecule has 1 aliphatic carbocycles. The van der Waals surface area contributed by atoms with Crippen LogP contribution in [0.15, 0.2) is 95.5 Å². The highest BCUT2D eigenvalue weighted by molar-refractivity contribution is 6.24. The molecule has 8 rings (SSSR count). The molecule has 1 saturated heterocycles. The number of piperidine rings is 1. The van der Waals surface area contributed by atoms with E-state index in [1.165, 1.54) is 13.2 Å². The molecule has 0 spiro atoms. The Labute approximate surface area is 381 Å². The van der Waals surface area contributed by atoms with E-state index in [1.807, 2.05) is 61.7 Å². The fourth-order valence-electron chi connectivity index (χ4n) is 9.13. The number of aryl methyl sites for hydroxylation is 1. The van der Waals surface area contributed by atoms with Gasteiger partial charge >= 0.3 is 5.97 Å². The summed E-state index contributed by atoms with van der Waals surface area (Å²) in [6.07, 6.45) is 6.03. The molecule has 0 saturated carbocycles. The van der Waals surface area contributed by atoms with Crippen molar-refractivity contribution in [1.82, 2.24) is 30.5 Å². The minimum atomic E-state index is -1.04. The van der Waals surface area contributed by atoms with E-state index >= 15 is 0 Å². The molecule has 4 aromatic rings. The Balaban J connectivity index is 0.849. The summed E-state index contributed by atoms with van der Waals surface area (Å²) in [5, 5.41) is 14.2. The first-order valence-electron chi connectivity index (χ1n) is 22.2. The number of dihydropyridines is 1. The number of fused-ring (bicyclic) bond motifs is 1. The molecule has 4 amide bonds. The number of para-hydroxylation sites is 1. The number of rotatable bonds is 19. The number of hydrogen-bond acceptors (Lipinski definition) is 14. The first-order chi connectivity index (χ1) is 32.1. The summed E-state index contributed by atoms with van der Waals surface area (Å²) < 4.78 is 30.3. The highest BCUT2D eigenvalue weighted by Gasteiger charge is 2.46. The fourth-order valence-corrected chi connectivity index (χ4v) is 9.13. The first kappa shape index (κ1) is 45.4. The molecule has 17 heteroatoms. The van der Waals surface area contributed by atoms with Gasteiger partial charge in [-0.25, -0.2) is 4.79 Å². The molecule has 344 valence electrons. The van der Waals surface area contributed by atoms with Gasteiger partial charge in [-0.15, -0.1) is 5.10 Å². The third-order valence-electron chi connectivity index (χ3n) is 12.3. The van der Waals surface area contributed by atoms with E-state index in [-0.39, 0.29) is 67.7 Å². The Bertz CT molecular complexity index is 2620. The summed E-state index contributed by atoms with van der Waals surface area (Å²) in [6.45, 7) is 3.23. The number of esters is 1. The number of benzene rings is 3. The summed E-state index contributed by atoms with van der Waals surface area (Å²) >= 11 is 0. The van der Waals surface area contributed by atoms with Crippen molar-refractivity contribution in [2.75, 3.05) is 34.0 Å². The van der Waals surface area contributed by atoms with Gasteiger partial charge in [0.2, 0.25) is 11.8 Å². The number of carbonyl (C=O) groups excluding carboxylic acids is 6. The lowest BCUT2D eigenvalue weighted by atomic mass is 9.71. The molecule has 4 aliphatic rings. The zero-order valence-electron chi connectivity index (χ0n) is 37.1. The van der Waals surface area contributed by atoms with E-state index < -0.39 is 41.6 Å². The van der Waals surface area contributed by atoms with Crippen molar-refractivity contribution in [2.24, 2.45) is 0 Å². The predicted octanol–water partition coefficient (Wildman–Crippen LogP) is 5.46. The zero-order chi connectivity index (χ0) is 46.3. The van der Waals surface area contributed by atoms with E-state index in [0.717, 1.165) is 41.2 Å². The highest BCUT2D eigenvalue weighted by atomic mass is 16.6. The maximum atomic E-state index is 14.2. The molecule has 4 heterocycles. The van der Waals surface area contributed by atoms with Gasteiger partial charge in [0.1, 0.15) is 42.2 Å². The Morgan fingerprint density at radius 3 is 2.45 bits per heavy atom. The zero-order valence-corrected chi connectivity index (χ0v) is 37.1. The van der Waals surface area contributed by atoms with E-state index in [0.29, 0.717) is 59.8 Å². The topological polar surface area (TPSA) is 207 Å². The van der Waals surface area contributed by atoms with Crippen molar-refractivity contribution >= 4 is 35.4 Å². The average molecular weight is 901 g/mol. The molecule has 1 aromatic heterocycles. The van der Waals surface area contributed by atoms with Crippen molar-refractivity contribution in [3.8, 4) is 17.2 Å². The van der Waals surface area contributed by atoms with Gasteiger partial charge in [0.25, 0.3) is 11.8 Å². The van der Waals surface area contributed by atoms with Gasteiger partial charge in [-0.1, -0.05) is 48.0 Å². The van der Waals surface area contributed by atoms with Crippen molar-refractivity contribution in [3.63, 3.8) is 0 Å². The van der Waals surface area contributed by atoms with Crippen molar-refractivity contribution in [1.29, 1.82) is 0 Å². The van der Waals surface area contributed by atoms with Crippen LogP contribution in [0.3, 0.4) is 0 Å². The predicted molar refractivity (Wildman–Crippen MR) is 236 cm³/mol. The van der Waals surface area contributed by atoms with Crippen LogP contribution in [0, 0.1) is 0 Å². The third kappa shape index (κ3) is 9.61. The highest BCUT2D eigenvalue weighted by Crippen LogP contribution is 2.47. The summed E-state index contributed by atoms with van der Waals surface area (Å²) in [4.78, 5) is 79.4. The van der Waals surface area contributed by atoms with E-state index in [1.54, 1.807) is 23.9 Å². The standard InChI is InChI=1S/C49H52N6O11/c1-29-42(49(61)65-23-22-62-2)43(45-36(50-29)25-31(26-38(45)56)34-14-6-7-16-39(34)63-3)30-12-10-13-33(24-30)66-28-32-27-54(53-52-32)20-8-4-5-9-21-64-40-17-11-15-35-44(40)48(60)55(47(35)59)37-18-19-41(57)51-46(37)58/h6-7,10-17,24,27,31,37,43,50H,4-5,8-9,18-23,25-26,28H2,1-3H3,(H,51,57,58). The minimum Gasteiger partial charge on any atom is -0.496 e. The maximum Gasteiger partial charge on any atom is 0.336 e. The summed E-state index contributed by atoms with van der Waals surface area (Å²) in [5.74, 6) is -2.11. The number of aromatic nitrogens is 3. The lowest BCUT2D eigenvalue weighted by molar-refractivity contribution is -0.140. The first-order valence-corrected chi connectivity index (χ1v) is 22.2. The number of Topliss-reactive ketones (excluding diaryl/α,β-unsaturated/α-hetero) is 1. The largest absolute Gasteiger partial charge is 0.496 e. The number of nitrogens with zero attached hydrogens (tertiary/aromatic N) is 4. The number of unbranched alkanes of at least 4 members (excludes halogenated alkanes) is 3. The van der Waals surface area contributed by atoms with E-state index in [9.17, 15) is 28.8 Å². The Hall–Kier alpha value is -7.14. The monoisotopic (exact) mass is 900 g/mol. The van der Waals surface area contributed by atoms with Gasteiger partial charge in [0.15, 0.2) is 5.78 Å². The maximum absolute atomic E-state index is 14.2. The number of amides is 4. The minimum absolute atomic E-state index is 0.0471. The van der Waals surface area contributed by atoms with E-state index in [4.69, 9.17) is 23.7 Å². The van der Waals surface area contributed by atoms with Gasteiger partial charge in [-0.05, 0) is 80.5 Å². The summed E-state index contributed by atoms with van der Waals surface area (Å²) in [6, 6.07) is 18.9. The second kappa shape index (κ2) is 20.4. The van der Waals surface area contributed by atoms with Crippen LogP contribution < -0.4 is 24.8 Å². The number of ether oxygens (including phenoxy) is 5. The number of hydrogen-bond donors (Lipinski definition) is 2. The molecule has 3 atom stereocenters. The van der Waals surface area contributed by atoms with Crippen molar-refractivity contribution < 1.29 is 52.5 Å². The smallest absolute Gasteiger partial charge is 0.336 e. The van der Waals surface area contributed by atoms with Crippen LogP contribution in [0.4, 0.5) is 0 Å². The summed E-state index contributed by atoms with van der Waals surface area (Å²) in [7, 11) is 3.16. The Morgan fingerprint density at radius 1 is 0.833 bits per heavy atom. The second-order valence-corrected chi connectivity index (χ2v) is 16.6.